The summed E-state index contributed by atoms with van der Waals surface area (Å²) in [5, 5.41) is 17.9. The van der Waals surface area contributed by atoms with Crippen LogP contribution in [-0.4, -0.2) is 34.6 Å². The van der Waals surface area contributed by atoms with Crippen LogP contribution in [0.1, 0.15) is 27.7 Å². The van der Waals surface area contributed by atoms with Crippen molar-refractivity contribution in [2.75, 3.05) is 19.0 Å². The van der Waals surface area contributed by atoms with E-state index < -0.39 is 0 Å². The predicted molar refractivity (Wildman–Crippen MR) is 118 cm³/mol. The van der Waals surface area contributed by atoms with Crippen LogP contribution >= 0.6 is 22.9 Å². The molecule has 0 saturated carbocycles. The molecule has 1 atom stereocenters. The number of nitrogens with one attached hydrogen (secondary N) is 2. The first-order chi connectivity index (χ1) is 14.1. The van der Waals surface area contributed by atoms with Crippen LogP contribution in [0.2, 0.25) is 5.02 Å². The molecule has 6 nitrogen and oxygen atoms in total. The molecule has 2 heterocycles. The Morgan fingerprint density at radius 3 is 2.69 bits per heavy atom. The number of hydrogen-bond donors (Lipinski definition) is 3. The van der Waals surface area contributed by atoms with Crippen LogP contribution in [0, 0.1) is 0 Å². The summed E-state index contributed by atoms with van der Waals surface area (Å²) in [7, 11) is 1.77. The molecule has 4 rings (SSSR count). The van der Waals surface area contributed by atoms with Gasteiger partial charge in [0.25, 0.3) is 5.91 Å². The van der Waals surface area contributed by atoms with E-state index in [0.29, 0.717) is 22.3 Å². The molecule has 148 valence electrons. The average Bonchev–Trinajstić information content (AvgIpc) is 3.18. The summed E-state index contributed by atoms with van der Waals surface area (Å²) >= 11 is 7.36. The maximum Gasteiger partial charge on any atom is 0.261 e. The number of aliphatic hydroxyl groups is 1. The number of fused-ring (bicyclic) bond motifs is 3. The summed E-state index contributed by atoms with van der Waals surface area (Å²) in [4.78, 5) is 22.3. The van der Waals surface area contributed by atoms with Crippen LogP contribution in [0.5, 0.6) is 0 Å². The average molecular weight is 427 g/mol. The van der Waals surface area contributed by atoms with Crippen molar-refractivity contribution in [3.05, 3.63) is 64.1 Å². The Labute approximate surface area is 176 Å². The van der Waals surface area contributed by atoms with Crippen LogP contribution in [0.15, 0.2) is 48.7 Å². The standard InChI is InChI=1S/C21H19ClN4O2S/c1-23-21-24-11-14-3-2-13-10-17(29-19(13)18(14)26-21)20(28)25-16(8-9-27)12-4-6-15(22)7-5-12/h2-7,10-11,16,27H,8-9H2,1H3,(H,25,28)(H,23,24,26)/t16-/m0/s1. The van der Waals surface area contributed by atoms with E-state index in [-0.39, 0.29) is 18.6 Å². The lowest BCUT2D eigenvalue weighted by Crippen LogP contribution is -2.28. The molecule has 0 aliphatic heterocycles. The van der Waals surface area contributed by atoms with E-state index in [1.54, 1.807) is 25.4 Å². The number of aliphatic hydroxyl groups excluding tert-OH is 1. The highest BCUT2D eigenvalue weighted by atomic mass is 35.5. The second kappa shape index (κ2) is 8.32. The van der Waals surface area contributed by atoms with Gasteiger partial charge < -0.3 is 15.7 Å². The van der Waals surface area contributed by atoms with Crippen molar-refractivity contribution in [3.8, 4) is 0 Å². The van der Waals surface area contributed by atoms with Crippen molar-refractivity contribution >= 4 is 55.8 Å². The summed E-state index contributed by atoms with van der Waals surface area (Å²) in [6.07, 6.45) is 2.19. The number of benzene rings is 2. The normalized spacial score (nSPS) is 12.2. The van der Waals surface area contributed by atoms with Gasteiger partial charge in [0.05, 0.1) is 21.1 Å². The molecule has 2 aromatic heterocycles. The number of aromatic nitrogens is 2. The van der Waals surface area contributed by atoms with E-state index in [2.05, 4.69) is 20.6 Å². The Morgan fingerprint density at radius 1 is 1.21 bits per heavy atom. The molecule has 0 saturated heterocycles. The number of thiophene rings is 1. The lowest BCUT2D eigenvalue weighted by molar-refractivity contribution is 0.0934. The number of hydrogen-bond acceptors (Lipinski definition) is 6. The number of carbonyl (C=O) groups is 1. The minimum absolute atomic E-state index is 0.0334. The summed E-state index contributed by atoms with van der Waals surface area (Å²) in [6, 6.07) is 12.8. The van der Waals surface area contributed by atoms with Gasteiger partial charge in [-0.25, -0.2) is 9.97 Å². The molecule has 0 aliphatic carbocycles. The molecule has 2 aromatic carbocycles. The van der Waals surface area contributed by atoms with Crippen LogP contribution in [0.3, 0.4) is 0 Å². The highest BCUT2D eigenvalue weighted by molar-refractivity contribution is 7.21. The van der Waals surface area contributed by atoms with Gasteiger partial charge in [-0.05, 0) is 35.6 Å². The Bertz CT molecular complexity index is 1180. The number of carbonyl (C=O) groups excluding carboxylic acids is 1. The van der Waals surface area contributed by atoms with Crippen molar-refractivity contribution in [1.29, 1.82) is 0 Å². The first-order valence-electron chi connectivity index (χ1n) is 9.13. The number of rotatable bonds is 6. The van der Waals surface area contributed by atoms with Gasteiger partial charge in [-0.2, -0.15) is 0 Å². The van der Waals surface area contributed by atoms with E-state index in [9.17, 15) is 9.90 Å². The quantitative estimate of drug-likeness (QED) is 0.425. The van der Waals surface area contributed by atoms with Gasteiger partial charge in [-0.1, -0.05) is 35.9 Å². The van der Waals surface area contributed by atoms with E-state index in [1.165, 1.54) is 11.3 Å². The van der Waals surface area contributed by atoms with Gasteiger partial charge in [0, 0.05) is 30.3 Å². The molecule has 0 bridgehead atoms. The second-order valence-corrected chi connectivity index (χ2v) is 8.05. The Balaban J connectivity index is 1.66. The molecular weight excluding hydrogens is 408 g/mol. The third-order valence-corrected chi connectivity index (χ3v) is 6.09. The van der Waals surface area contributed by atoms with Gasteiger partial charge in [-0.15, -0.1) is 11.3 Å². The van der Waals surface area contributed by atoms with Crippen LogP contribution in [-0.2, 0) is 0 Å². The largest absolute Gasteiger partial charge is 0.396 e. The minimum Gasteiger partial charge on any atom is -0.396 e. The van der Waals surface area contributed by atoms with Crippen LogP contribution in [0.25, 0.3) is 21.0 Å². The smallest absolute Gasteiger partial charge is 0.261 e. The van der Waals surface area contributed by atoms with Gasteiger partial charge in [0.15, 0.2) is 0 Å². The molecule has 29 heavy (non-hydrogen) atoms. The zero-order valence-electron chi connectivity index (χ0n) is 15.6. The van der Waals surface area contributed by atoms with Crippen molar-refractivity contribution in [1.82, 2.24) is 15.3 Å². The lowest BCUT2D eigenvalue weighted by Gasteiger charge is -2.18. The first kappa shape index (κ1) is 19.6. The maximum atomic E-state index is 12.9. The van der Waals surface area contributed by atoms with Crippen molar-refractivity contribution in [3.63, 3.8) is 0 Å². The van der Waals surface area contributed by atoms with Gasteiger partial charge in [-0.3, -0.25) is 4.79 Å². The second-order valence-electron chi connectivity index (χ2n) is 6.57. The zero-order chi connectivity index (χ0) is 20.4. The Hall–Kier alpha value is -2.74. The SMILES string of the molecule is CNc1ncc2ccc3cc(C(=O)N[C@@H](CCO)c4ccc(Cl)cc4)sc3c2n1. The lowest BCUT2D eigenvalue weighted by atomic mass is 10.0. The highest BCUT2D eigenvalue weighted by Crippen LogP contribution is 2.32. The number of nitrogens with zero attached hydrogens (tertiary/aromatic N) is 2. The van der Waals surface area contributed by atoms with Gasteiger partial charge in [0.1, 0.15) is 0 Å². The zero-order valence-corrected chi connectivity index (χ0v) is 17.2. The van der Waals surface area contributed by atoms with E-state index in [4.69, 9.17) is 11.6 Å². The summed E-state index contributed by atoms with van der Waals surface area (Å²) in [5.74, 6) is 0.353. The van der Waals surface area contributed by atoms with Crippen molar-refractivity contribution in [2.24, 2.45) is 0 Å². The summed E-state index contributed by atoms with van der Waals surface area (Å²) < 4.78 is 0.941. The number of halogens is 1. The fourth-order valence-corrected chi connectivity index (χ4v) is 4.39. The van der Waals surface area contributed by atoms with Crippen molar-refractivity contribution < 1.29 is 9.90 Å². The predicted octanol–water partition coefficient (Wildman–Crippen LogP) is 4.39. The molecule has 1 amide bonds. The molecule has 3 N–H and O–H groups in total. The number of amides is 1. The summed E-state index contributed by atoms with van der Waals surface area (Å²) in [5.41, 5.74) is 1.71. The Morgan fingerprint density at radius 2 is 1.97 bits per heavy atom. The monoisotopic (exact) mass is 426 g/mol. The maximum absolute atomic E-state index is 12.9. The third-order valence-electron chi connectivity index (χ3n) is 4.68. The van der Waals surface area contributed by atoms with Gasteiger partial charge in [0.2, 0.25) is 5.95 Å². The van der Waals surface area contributed by atoms with Crippen molar-refractivity contribution in [2.45, 2.75) is 12.5 Å². The number of anilines is 1. The molecule has 0 aliphatic rings. The first-order valence-corrected chi connectivity index (χ1v) is 10.3. The van der Waals surface area contributed by atoms with Gasteiger partial charge >= 0.3 is 0 Å². The Kier molecular flexibility index (Phi) is 5.62. The minimum atomic E-state index is -0.301. The molecule has 0 unspecified atom stereocenters. The fourth-order valence-electron chi connectivity index (χ4n) is 3.20. The fraction of sp³-hybridized carbons (Fsp3) is 0.190. The highest BCUT2D eigenvalue weighted by Gasteiger charge is 2.18. The van der Waals surface area contributed by atoms with E-state index >= 15 is 0 Å². The molecule has 0 radical (unpaired) electrons. The topological polar surface area (TPSA) is 87.1 Å². The van der Waals surface area contributed by atoms with E-state index in [1.807, 2.05) is 30.3 Å². The molecule has 0 spiro atoms. The van der Waals surface area contributed by atoms with Crippen LogP contribution < -0.4 is 10.6 Å². The van der Waals surface area contributed by atoms with E-state index in [0.717, 1.165) is 26.6 Å². The molecule has 8 heteroatoms. The van der Waals surface area contributed by atoms with Crippen LogP contribution in [0.4, 0.5) is 5.95 Å². The molecular formula is C21H19ClN4O2S. The molecule has 0 fully saturated rings. The molecule has 4 aromatic rings. The summed E-state index contributed by atoms with van der Waals surface area (Å²) in [6.45, 7) is -0.0334. The third kappa shape index (κ3) is 4.03.